The number of fused-ring (bicyclic) bond motifs is 1. The van der Waals surface area contributed by atoms with E-state index in [1.54, 1.807) is 17.8 Å². The second kappa shape index (κ2) is 6.25. The van der Waals surface area contributed by atoms with E-state index >= 15 is 0 Å². The molecule has 4 nitrogen and oxygen atoms in total. The highest BCUT2D eigenvalue weighted by molar-refractivity contribution is 7.98. The second-order valence-electron chi connectivity index (χ2n) is 4.89. The number of aromatic nitrogens is 3. The first kappa shape index (κ1) is 14.7. The van der Waals surface area contributed by atoms with Gasteiger partial charge in [0.1, 0.15) is 0 Å². The highest BCUT2D eigenvalue weighted by atomic mass is 35.5. The van der Waals surface area contributed by atoms with Gasteiger partial charge in [-0.05, 0) is 12.3 Å². The average molecular weight is 325 g/mol. The highest BCUT2D eigenvalue weighted by Crippen LogP contribution is 2.22. The van der Waals surface area contributed by atoms with Crippen LogP contribution in [0.3, 0.4) is 0 Å². The number of hydrogen-bond acceptors (Lipinski definition) is 5. The van der Waals surface area contributed by atoms with Crippen LogP contribution in [0.15, 0.2) is 23.6 Å². The van der Waals surface area contributed by atoms with Crippen LogP contribution in [0.5, 0.6) is 0 Å². The molecule has 2 aromatic heterocycles. The van der Waals surface area contributed by atoms with Gasteiger partial charge in [-0.1, -0.05) is 23.4 Å². The molecular formula is C14H14ClFN4S. The van der Waals surface area contributed by atoms with Crippen molar-refractivity contribution in [2.45, 2.75) is 24.7 Å². The summed E-state index contributed by atoms with van der Waals surface area (Å²) in [6, 6.07) is 1.63. The van der Waals surface area contributed by atoms with Crippen molar-refractivity contribution < 1.29 is 4.39 Å². The SMILES string of the molecule is CSc1ncc2c(n1)CCN(Cc1cc(Cl)cnc1F)C2. The number of thioether (sulfide) groups is 1. The Morgan fingerprint density at radius 1 is 1.38 bits per heavy atom. The predicted octanol–water partition coefficient (Wildman–Crippen LogP) is 2.94. The Kier molecular flexibility index (Phi) is 4.37. The van der Waals surface area contributed by atoms with Gasteiger partial charge in [0.2, 0.25) is 5.95 Å². The van der Waals surface area contributed by atoms with E-state index < -0.39 is 5.95 Å². The lowest BCUT2D eigenvalue weighted by Gasteiger charge is -2.28. The summed E-state index contributed by atoms with van der Waals surface area (Å²) in [5, 5.41) is 1.25. The Bertz CT molecular complexity index is 667. The molecule has 2 aromatic rings. The Hall–Kier alpha value is -1.24. The van der Waals surface area contributed by atoms with Gasteiger partial charge in [-0.25, -0.2) is 15.0 Å². The van der Waals surface area contributed by atoms with E-state index in [2.05, 4.69) is 19.9 Å². The molecule has 0 N–H and O–H groups in total. The van der Waals surface area contributed by atoms with Gasteiger partial charge in [0.25, 0.3) is 0 Å². The molecule has 1 aliphatic heterocycles. The van der Waals surface area contributed by atoms with Gasteiger partial charge in [0, 0.05) is 49.6 Å². The van der Waals surface area contributed by atoms with E-state index in [0.717, 1.165) is 35.9 Å². The predicted molar refractivity (Wildman–Crippen MR) is 80.8 cm³/mol. The number of pyridine rings is 1. The normalized spacial score (nSPS) is 15.0. The van der Waals surface area contributed by atoms with E-state index in [9.17, 15) is 4.39 Å². The molecule has 0 amide bonds. The largest absolute Gasteiger partial charge is 0.294 e. The topological polar surface area (TPSA) is 41.9 Å². The lowest BCUT2D eigenvalue weighted by atomic mass is 10.1. The number of rotatable bonds is 3. The maximum absolute atomic E-state index is 13.7. The maximum atomic E-state index is 13.7. The third-order valence-electron chi connectivity index (χ3n) is 3.45. The van der Waals surface area contributed by atoms with E-state index in [-0.39, 0.29) is 0 Å². The van der Waals surface area contributed by atoms with Crippen LogP contribution in [0.2, 0.25) is 5.02 Å². The van der Waals surface area contributed by atoms with Crippen molar-refractivity contribution in [2.24, 2.45) is 0 Å². The third-order valence-corrected chi connectivity index (χ3v) is 4.21. The molecule has 21 heavy (non-hydrogen) atoms. The first-order valence-corrected chi connectivity index (χ1v) is 8.17. The van der Waals surface area contributed by atoms with Crippen LogP contribution in [-0.4, -0.2) is 32.7 Å². The summed E-state index contributed by atoms with van der Waals surface area (Å²) in [4.78, 5) is 14.6. The zero-order valence-electron chi connectivity index (χ0n) is 11.5. The quantitative estimate of drug-likeness (QED) is 0.493. The van der Waals surface area contributed by atoms with Crippen LogP contribution in [0.25, 0.3) is 0 Å². The molecule has 0 unspecified atom stereocenters. The van der Waals surface area contributed by atoms with Crippen molar-refractivity contribution in [1.82, 2.24) is 19.9 Å². The Labute approximate surface area is 131 Å². The third kappa shape index (κ3) is 3.33. The molecule has 0 atom stereocenters. The molecule has 0 aromatic carbocycles. The Balaban J connectivity index is 1.76. The van der Waals surface area contributed by atoms with Gasteiger partial charge in [-0.15, -0.1) is 0 Å². The van der Waals surface area contributed by atoms with Gasteiger partial charge in [0.15, 0.2) is 5.16 Å². The number of nitrogens with zero attached hydrogens (tertiary/aromatic N) is 4. The van der Waals surface area contributed by atoms with Crippen LogP contribution in [0.4, 0.5) is 4.39 Å². The van der Waals surface area contributed by atoms with Gasteiger partial charge >= 0.3 is 0 Å². The summed E-state index contributed by atoms with van der Waals surface area (Å²) in [5.74, 6) is -0.459. The summed E-state index contributed by atoms with van der Waals surface area (Å²) in [6.45, 7) is 2.04. The molecule has 3 rings (SSSR count). The molecular weight excluding hydrogens is 311 g/mol. The van der Waals surface area contributed by atoms with Gasteiger partial charge in [-0.2, -0.15) is 4.39 Å². The molecule has 0 bridgehead atoms. The molecule has 0 aliphatic carbocycles. The molecule has 0 spiro atoms. The van der Waals surface area contributed by atoms with Crippen molar-refractivity contribution >= 4 is 23.4 Å². The average Bonchev–Trinajstić information content (AvgIpc) is 2.50. The van der Waals surface area contributed by atoms with E-state index in [0.29, 0.717) is 17.1 Å². The van der Waals surface area contributed by atoms with Crippen molar-refractivity contribution in [3.63, 3.8) is 0 Å². The van der Waals surface area contributed by atoms with E-state index in [4.69, 9.17) is 11.6 Å². The zero-order valence-corrected chi connectivity index (χ0v) is 13.1. The molecule has 0 radical (unpaired) electrons. The molecule has 1 aliphatic rings. The smallest absolute Gasteiger partial charge is 0.217 e. The zero-order chi connectivity index (χ0) is 14.8. The Morgan fingerprint density at radius 2 is 2.24 bits per heavy atom. The van der Waals surface area contributed by atoms with Crippen LogP contribution in [-0.2, 0) is 19.5 Å². The lowest BCUT2D eigenvalue weighted by molar-refractivity contribution is 0.238. The van der Waals surface area contributed by atoms with Gasteiger partial charge in [0.05, 0.1) is 10.7 Å². The molecule has 110 valence electrons. The van der Waals surface area contributed by atoms with Crippen molar-refractivity contribution in [1.29, 1.82) is 0 Å². The second-order valence-corrected chi connectivity index (χ2v) is 6.10. The fraction of sp³-hybridized carbons (Fsp3) is 0.357. The molecule has 0 saturated carbocycles. The van der Waals surface area contributed by atoms with Crippen molar-refractivity contribution in [3.8, 4) is 0 Å². The summed E-state index contributed by atoms with van der Waals surface area (Å²) >= 11 is 7.42. The fourth-order valence-electron chi connectivity index (χ4n) is 2.41. The standard InChI is InChI=1S/C14H14ClFN4S/c1-21-14-18-5-10-8-20(3-2-12(10)19-14)7-9-4-11(15)6-17-13(9)16/h4-6H,2-3,7-8H2,1H3. The van der Waals surface area contributed by atoms with Crippen LogP contribution in [0, 0.1) is 5.95 Å². The van der Waals surface area contributed by atoms with Crippen LogP contribution < -0.4 is 0 Å². The van der Waals surface area contributed by atoms with Crippen molar-refractivity contribution in [2.75, 3.05) is 12.8 Å². The lowest BCUT2D eigenvalue weighted by Crippen LogP contribution is -2.31. The first-order chi connectivity index (χ1) is 10.2. The van der Waals surface area contributed by atoms with Gasteiger partial charge < -0.3 is 0 Å². The fourth-order valence-corrected chi connectivity index (χ4v) is 2.95. The van der Waals surface area contributed by atoms with Crippen LogP contribution in [0.1, 0.15) is 16.8 Å². The summed E-state index contributed by atoms with van der Waals surface area (Å²) in [5.41, 5.74) is 2.72. The highest BCUT2D eigenvalue weighted by Gasteiger charge is 2.19. The maximum Gasteiger partial charge on any atom is 0.217 e. The van der Waals surface area contributed by atoms with E-state index in [1.807, 2.05) is 12.5 Å². The van der Waals surface area contributed by atoms with E-state index in [1.165, 1.54) is 6.20 Å². The molecule has 0 saturated heterocycles. The summed E-state index contributed by atoms with van der Waals surface area (Å²) in [6.07, 6.45) is 6.00. The molecule has 7 heteroatoms. The van der Waals surface area contributed by atoms with Crippen LogP contribution >= 0.6 is 23.4 Å². The molecule has 3 heterocycles. The summed E-state index contributed by atoms with van der Waals surface area (Å²) < 4.78 is 13.7. The molecule has 0 fully saturated rings. The summed E-state index contributed by atoms with van der Waals surface area (Å²) in [7, 11) is 0. The Morgan fingerprint density at radius 3 is 3.05 bits per heavy atom. The minimum atomic E-state index is -0.459. The minimum absolute atomic E-state index is 0.455. The first-order valence-electron chi connectivity index (χ1n) is 6.57. The number of hydrogen-bond donors (Lipinski definition) is 0. The van der Waals surface area contributed by atoms with Crippen molar-refractivity contribution in [3.05, 3.63) is 46.3 Å². The monoisotopic (exact) mass is 324 g/mol. The van der Waals surface area contributed by atoms with Gasteiger partial charge in [-0.3, -0.25) is 4.90 Å². The number of halogens is 2. The minimum Gasteiger partial charge on any atom is -0.294 e.